The smallest absolute Gasteiger partial charge is 0.330 e. The van der Waals surface area contributed by atoms with Gasteiger partial charge in [0.15, 0.2) is 0 Å². The van der Waals surface area contributed by atoms with Crippen LogP contribution in [0.15, 0.2) is 18.2 Å². The van der Waals surface area contributed by atoms with E-state index in [9.17, 15) is 33.0 Å². The van der Waals surface area contributed by atoms with Crippen molar-refractivity contribution in [2.45, 2.75) is 57.2 Å². The number of pyridine rings is 1. The van der Waals surface area contributed by atoms with E-state index < -0.39 is 59.4 Å². The molecule has 6 N–H and O–H groups in total. The maximum atomic E-state index is 12.5. The van der Waals surface area contributed by atoms with Crippen molar-refractivity contribution in [3.8, 4) is 0 Å². The second-order valence-corrected chi connectivity index (χ2v) is 14.3. The van der Waals surface area contributed by atoms with Gasteiger partial charge < -0.3 is 29.3 Å². The zero-order valence-corrected chi connectivity index (χ0v) is 23.5. The molecular weight excluding hydrogens is 585 g/mol. The Balaban J connectivity index is 1.76. The Morgan fingerprint density at radius 3 is 2.21 bits per heavy atom. The summed E-state index contributed by atoms with van der Waals surface area (Å²) in [7, 11) is -13.2. The third-order valence-corrected chi connectivity index (χ3v) is 10.3. The minimum Gasteiger partial charge on any atom is -0.330 e. The quantitative estimate of drug-likeness (QED) is 0.0841. The zero-order chi connectivity index (χ0) is 29.4. The van der Waals surface area contributed by atoms with Gasteiger partial charge in [0.25, 0.3) is 11.8 Å². The number of imide groups is 1. The van der Waals surface area contributed by atoms with Gasteiger partial charge >= 0.3 is 28.9 Å². The standard InChI is InChI=1S/C19H31N4O13P3/c1-22(11-4-2-3-8-18(26)36-23-16(24)9-10-17(23)25)39(33,34)35-13-15-7-5-6-14(21-15)12-20-19(37(27,28)29)38(30,31)32/h5-7,19-20H,2-4,8-13H2,1H3,(H,33,34)(H2,27,28,29)(H2,30,31,32). The summed E-state index contributed by atoms with van der Waals surface area (Å²) in [6, 6.07) is 4.34. The second-order valence-electron chi connectivity index (χ2n) is 8.55. The number of hydroxylamine groups is 2. The summed E-state index contributed by atoms with van der Waals surface area (Å²) in [5.74, 6) is -1.87. The van der Waals surface area contributed by atoms with Crippen LogP contribution in [0.25, 0.3) is 0 Å². The van der Waals surface area contributed by atoms with Crippen molar-refractivity contribution in [1.29, 1.82) is 0 Å². The number of carbonyl (C=O) groups is 3. The predicted molar refractivity (Wildman–Crippen MR) is 132 cm³/mol. The first-order chi connectivity index (χ1) is 18.0. The third kappa shape index (κ3) is 10.9. The van der Waals surface area contributed by atoms with E-state index in [1.807, 2.05) is 0 Å². The van der Waals surface area contributed by atoms with Crippen molar-refractivity contribution >= 4 is 40.7 Å². The molecule has 1 aliphatic rings. The summed E-state index contributed by atoms with van der Waals surface area (Å²) < 4.78 is 41.5. The predicted octanol–water partition coefficient (Wildman–Crippen LogP) is 0.527. The molecule has 20 heteroatoms. The van der Waals surface area contributed by atoms with Crippen LogP contribution in [0, 0.1) is 0 Å². The number of rotatable bonds is 16. The average Bonchev–Trinajstić information content (AvgIpc) is 3.13. The number of hydrogen-bond acceptors (Lipinski definition) is 10. The van der Waals surface area contributed by atoms with Gasteiger partial charge in [-0.1, -0.05) is 12.5 Å². The van der Waals surface area contributed by atoms with E-state index in [0.717, 1.165) is 4.67 Å². The van der Waals surface area contributed by atoms with Gasteiger partial charge in [0.2, 0.25) is 5.52 Å². The largest absolute Gasteiger partial charge is 0.405 e. The van der Waals surface area contributed by atoms with E-state index in [1.165, 1.54) is 25.2 Å². The molecule has 1 aromatic heterocycles. The molecule has 2 heterocycles. The highest BCUT2D eigenvalue weighted by Gasteiger charge is 2.43. The van der Waals surface area contributed by atoms with Crippen LogP contribution in [0.4, 0.5) is 0 Å². The Hall–Kier alpha value is -1.87. The number of nitrogens with one attached hydrogen (secondary N) is 1. The SMILES string of the molecule is CN(CCCCCC(=O)ON1C(=O)CCC1=O)P(=O)(O)OCc1cccc(CNC(P(=O)(O)O)P(=O)(O)O)n1. The molecule has 1 aliphatic heterocycles. The third-order valence-electron chi connectivity index (χ3n) is 5.34. The van der Waals surface area contributed by atoms with Gasteiger partial charge in [-0.05, 0) is 32.0 Å². The first-order valence-electron chi connectivity index (χ1n) is 11.5. The lowest BCUT2D eigenvalue weighted by atomic mass is 10.2. The zero-order valence-electron chi connectivity index (χ0n) is 20.9. The van der Waals surface area contributed by atoms with Crippen LogP contribution >= 0.6 is 22.9 Å². The van der Waals surface area contributed by atoms with Crippen molar-refractivity contribution in [3.05, 3.63) is 29.6 Å². The van der Waals surface area contributed by atoms with Crippen molar-refractivity contribution in [2.24, 2.45) is 0 Å². The van der Waals surface area contributed by atoms with Gasteiger partial charge in [0, 0.05) is 32.4 Å². The van der Waals surface area contributed by atoms with E-state index in [0.29, 0.717) is 24.3 Å². The van der Waals surface area contributed by atoms with E-state index in [4.69, 9.17) is 28.9 Å². The topological polar surface area (TPSA) is 253 Å². The molecule has 0 bridgehead atoms. The molecule has 1 atom stereocenters. The highest BCUT2D eigenvalue weighted by Crippen LogP contribution is 2.58. The van der Waals surface area contributed by atoms with Crippen LogP contribution in [-0.2, 0) is 50.6 Å². The molecule has 0 saturated carbocycles. The summed E-state index contributed by atoms with van der Waals surface area (Å²) in [5, 5.41) is 2.56. The molecule has 0 aromatic carbocycles. The summed E-state index contributed by atoms with van der Waals surface area (Å²) >= 11 is 0. The fraction of sp³-hybridized carbons (Fsp3) is 0.579. The molecule has 0 radical (unpaired) electrons. The number of aromatic nitrogens is 1. The van der Waals surface area contributed by atoms with Crippen LogP contribution in [0.3, 0.4) is 0 Å². The number of hydrogen-bond donors (Lipinski definition) is 6. The summed E-state index contributed by atoms with van der Waals surface area (Å²) in [6.45, 7) is -0.689. The second kappa shape index (κ2) is 14.2. The molecule has 0 spiro atoms. The molecule has 2 rings (SSSR count). The average molecular weight is 616 g/mol. The molecule has 1 unspecified atom stereocenters. The molecule has 17 nitrogen and oxygen atoms in total. The van der Waals surface area contributed by atoms with Crippen LogP contribution in [0.1, 0.15) is 49.9 Å². The van der Waals surface area contributed by atoms with Gasteiger partial charge in [-0.25, -0.2) is 14.0 Å². The number of nitrogens with zero attached hydrogens (tertiary/aromatic N) is 3. The van der Waals surface area contributed by atoms with Crippen LogP contribution < -0.4 is 5.32 Å². The molecule has 220 valence electrons. The highest BCUT2D eigenvalue weighted by atomic mass is 31.2. The first kappa shape index (κ1) is 33.3. The molecule has 1 fully saturated rings. The van der Waals surface area contributed by atoms with Crippen molar-refractivity contribution in [1.82, 2.24) is 20.0 Å². The maximum absolute atomic E-state index is 12.5. The molecule has 1 saturated heterocycles. The Kier molecular flexibility index (Phi) is 12.1. The van der Waals surface area contributed by atoms with Crippen molar-refractivity contribution in [2.75, 3.05) is 13.6 Å². The fourth-order valence-corrected chi connectivity index (χ4v) is 6.42. The molecule has 0 aliphatic carbocycles. The van der Waals surface area contributed by atoms with Crippen LogP contribution in [0.5, 0.6) is 0 Å². The van der Waals surface area contributed by atoms with Crippen LogP contribution in [-0.4, -0.2) is 76.1 Å². The minimum absolute atomic E-state index is 0.000359. The van der Waals surface area contributed by atoms with E-state index in [-0.39, 0.29) is 37.2 Å². The van der Waals surface area contributed by atoms with Gasteiger partial charge in [0.1, 0.15) is 0 Å². The van der Waals surface area contributed by atoms with E-state index in [2.05, 4.69) is 10.3 Å². The molecular formula is C19H31N4O13P3. The van der Waals surface area contributed by atoms with Gasteiger partial charge in [-0.2, -0.15) is 0 Å². The van der Waals surface area contributed by atoms with Gasteiger partial charge in [0.05, 0.1) is 18.0 Å². The monoisotopic (exact) mass is 616 g/mol. The Bertz CT molecular complexity index is 1150. The summed E-state index contributed by atoms with van der Waals surface area (Å²) in [6.07, 6.45) is 1.20. The highest BCUT2D eigenvalue weighted by molar-refractivity contribution is 7.70. The molecule has 39 heavy (non-hydrogen) atoms. The maximum Gasteiger partial charge on any atom is 0.405 e. The molecule has 1 aromatic rings. The Morgan fingerprint density at radius 1 is 1.03 bits per heavy atom. The lowest BCUT2D eigenvalue weighted by molar-refractivity contribution is -0.197. The fourth-order valence-electron chi connectivity index (χ4n) is 3.30. The number of amides is 2. The van der Waals surface area contributed by atoms with Gasteiger partial charge in [-0.15, -0.1) is 5.06 Å². The van der Waals surface area contributed by atoms with Crippen molar-refractivity contribution in [3.63, 3.8) is 0 Å². The van der Waals surface area contributed by atoms with Crippen molar-refractivity contribution < 1.29 is 61.9 Å². The lowest BCUT2D eigenvalue weighted by Gasteiger charge is -2.22. The van der Waals surface area contributed by atoms with Gasteiger partial charge in [-0.3, -0.25) is 33.5 Å². The minimum atomic E-state index is -5.17. The van der Waals surface area contributed by atoms with Crippen LogP contribution in [0.2, 0.25) is 0 Å². The number of unbranched alkanes of at least 4 members (excludes halogenated alkanes) is 2. The first-order valence-corrected chi connectivity index (χ1v) is 16.4. The lowest BCUT2D eigenvalue weighted by Crippen LogP contribution is -2.31. The molecule has 2 amide bonds. The van der Waals surface area contributed by atoms with E-state index in [1.54, 1.807) is 0 Å². The Morgan fingerprint density at radius 2 is 1.62 bits per heavy atom. The summed E-state index contributed by atoms with van der Waals surface area (Å²) in [4.78, 5) is 90.4. The Labute approximate surface area is 223 Å². The normalized spacial score (nSPS) is 16.3. The van der Waals surface area contributed by atoms with E-state index >= 15 is 0 Å². The summed E-state index contributed by atoms with van der Waals surface area (Å²) in [5.41, 5.74) is -2.10. The number of carbonyl (C=O) groups excluding carboxylic acids is 3.